The molecule has 0 aromatic rings. The summed E-state index contributed by atoms with van der Waals surface area (Å²) in [5.74, 6) is 0. The highest BCUT2D eigenvalue weighted by Crippen LogP contribution is 2.03. The summed E-state index contributed by atoms with van der Waals surface area (Å²) in [6, 6.07) is 0.616. The molecule has 0 bridgehead atoms. The summed E-state index contributed by atoms with van der Waals surface area (Å²) < 4.78 is 0. The highest BCUT2D eigenvalue weighted by molar-refractivity contribution is 4.97. The second-order valence-corrected chi connectivity index (χ2v) is 3.70. The minimum Gasteiger partial charge on any atom is -0.314 e. The molecule has 0 unspecified atom stereocenters. The summed E-state index contributed by atoms with van der Waals surface area (Å²) >= 11 is 0. The fourth-order valence-corrected chi connectivity index (χ4v) is 1.19. The predicted octanol–water partition coefficient (Wildman–Crippen LogP) is 3.12. The maximum Gasteiger partial charge on any atom is 0.00105 e. The fourth-order valence-electron chi connectivity index (χ4n) is 1.19. The Bertz CT molecular complexity index is 125. The van der Waals surface area contributed by atoms with Crippen molar-refractivity contribution in [2.24, 2.45) is 0 Å². The first kappa shape index (κ1) is 11.7. The topological polar surface area (TPSA) is 12.0 Å². The molecule has 0 aromatic carbocycles. The van der Waals surface area contributed by atoms with E-state index in [2.05, 4.69) is 39.1 Å². The molecule has 0 atom stereocenters. The summed E-state index contributed by atoms with van der Waals surface area (Å²) in [5.41, 5.74) is 1.53. The van der Waals surface area contributed by atoms with Gasteiger partial charge in [0.05, 0.1) is 0 Å². The van der Waals surface area contributed by atoms with Crippen LogP contribution in [-0.2, 0) is 0 Å². The van der Waals surface area contributed by atoms with E-state index in [-0.39, 0.29) is 0 Å². The Labute approximate surface area is 77.2 Å². The number of rotatable bonds is 6. The van der Waals surface area contributed by atoms with E-state index in [0.717, 1.165) is 6.54 Å². The summed E-state index contributed by atoms with van der Waals surface area (Å²) in [5, 5.41) is 3.40. The van der Waals surface area contributed by atoms with E-state index in [1.54, 1.807) is 0 Å². The Balaban J connectivity index is 3.33. The molecule has 0 fully saturated rings. The maximum absolute atomic E-state index is 3.40. The van der Waals surface area contributed by atoms with Crippen LogP contribution < -0.4 is 5.32 Å². The second-order valence-electron chi connectivity index (χ2n) is 3.70. The molecule has 0 saturated heterocycles. The van der Waals surface area contributed by atoms with E-state index in [1.165, 1.54) is 24.8 Å². The van der Waals surface area contributed by atoms with Crippen LogP contribution in [0.15, 0.2) is 11.6 Å². The lowest BCUT2D eigenvalue weighted by molar-refractivity contribution is 0.594. The van der Waals surface area contributed by atoms with Crippen molar-refractivity contribution in [3.05, 3.63) is 11.6 Å². The number of allylic oxidation sites excluding steroid dienone is 1. The smallest absolute Gasteiger partial charge is 0.00105 e. The van der Waals surface area contributed by atoms with Crippen LogP contribution in [0.5, 0.6) is 0 Å². The van der Waals surface area contributed by atoms with E-state index in [9.17, 15) is 0 Å². The maximum atomic E-state index is 3.40. The molecular weight excluding hydrogens is 146 g/mol. The van der Waals surface area contributed by atoms with Gasteiger partial charge in [-0.3, -0.25) is 0 Å². The van der Waals surface area contributed by atoms with Gasteiger partial charge in [0.25, 0.3) is 0 Å². The molecule has 0 aliphatic rings. The molecule has 12 heavy (non-hydrogen) atoms. The van der Waals surface area contributed by atoms with Crippen molar-refractivity contribution in [1.29, 1.82) is 0 Å². The van der Waals surface area contributed by atoms with Gasteiger partial charge in [-0.05, 0) is 26.3 Å². The quantitative estimate of drug-likeness (QED) is 0.476. The minimum atomic E-state index is 0.616. The van der Waals surface area contributed by atoms with E-state index in [1.807, 2.05) is 0 Å². The molecular formula is C11H23N. The zero-order valence-corrected chi connectivity index (χ0v) is 8.98. The molecule has 0 aromatic heterocycles. The lowest BCUT2D eigenvalue weighted by atomic mass is 10.1. The largest absolute Gasteiger partial charge is 0.314 e. The Hall–Kier alpha value is -0.300. The molecule has 72 valence electrons. The molecule has 1 N–H and O–H groups in total. The summed E-state index contributed by atoms with van der Waals surface area (Å²) in [6.45, 7) is 9.92. The molecule has 0 rings (SSSR count). The van der Waals surface area contributed by atoms with Crippen LogP contribution in [-0.4, -0.2) is 12.6 Å². The molecule has 0 heterocycles. The third-order valence-corrected chi connectivity index (χ3v) is 1.83. The highest BCUT2D eigenvalue weighted by atomic mass is 14.9. The third-order valence-electron chi connectivity index (χ3n) is 1.83. The number of hydrogen-bond donors (Lipinski definition) is 1. The molecule has 0 saturated carbocycles. The summed E-state index contributed by atoms with van der Waals surface area (Å²) in [7, 11) is 0. The molecule has 0 radical (unpaired) electrons. The van der Waals surface area contributed by atoms with Gasteiger partial charge in [-0.1, -0.05) is 38.8 Å². The van der Waals surface area contributed by atoms with Gasteiger partial charge >= 0.3 is 0 Å². The molecule has 0 amide bonds. The molecule has 0 spiro atoms. The average molecular weight is 169 g/mol. The van der Waals surface area contributed by atoms with Crippen LogP contribution in [0.2, 0.25) is 0 Å². The van der Waals surface area contributed by atoms with E-state index in [0.29, 0.717) is 6.04 Å². The standard InChI is InChI=1S/C11H23N/c1-5-7-11(4)8-6-9-12-10(2)3/h8,10,12H,5-7,9H2,1-4H3. The summed E-state index contributed by atoms with van der Waals surface area (Å²) in [4.78, 5) is 0. The molecule has 1 heteroatoms. The lowest BCUT2D eigenvalue weighted by Gasteiger charge is -2.05. The Morgan fingerprint density at radius 2 is 2.08 bits per heavy atom. The van der Waals surface area contributed by atoms with Crippen molar-refractivity contribution < 1.29 is 0 Å². The normalized spacial score (nSPS) is 12.6. The third kappa shape index (κ3) is 7.80. The van der Waals surface area contributed by atoms with Gasteiger partial charge in [-0.2, -0.15) is 0 Å². The van der Waals surface area contributed by atoms with Gasteiger partial charge in [-0.25, -0.2) is 0 Å². The molecule has 1 nitrogen and oxygen atoms in total. The second kappa shape index (κ2) is 7.35. The van der Waals surface area contributed by atoms with Gasteiger partial charge in [0, 0.05) is 6.04 Å². The minimum absolute atomic E-state index is 0.616. The van der Waals surface area contributed by atoms with Gasteiger partial charge in [-0.15, -0.1) is 0 Å². The first-order chi connectivity index (χ1) is 5.66. The van der Waals surface area contributed by atoms with Crippen molar-refractivity contribution in [1.82, 2.24) is 5.32 Å². The first-order valence-corrected chi connectivity index (χ1v) is 5.05. The lowest BCUT2D eigenvalue weighted by Crippen LogP contribution is -2.23. The van der Waals surface area contributed by atoms with Gasteiger partial charge in [0.2, 0.25) is 0 Å². The summed E-state index contributed by atoms with van der Waals surface area (Å²) in [6.07, 6.45) is 6.03. The van der Waals surface area contributed by atoms with Crippen LogP contribution in [0.1, 0.15) is 47.0 Å². The van der Waals surface area contributed by atoms with Crippen LogP contribution in [0, 0.1) is 0 Å². The molecule has 0 aliphatic carbocycles. The Morgan fingerprint density at radius 1 is 1.42 bits per heavy atom. The Morgan fingerprint density at radius 3 is 2.58 bits per heavy atom. The van der Waals surface area contributed by atoms with E-state index in [4.69, 9.17) is 0 Å². The van der Waals surface area contributed by atoms with Crippen molar-refractivity contribution in [3.8, 4) is 0 Å². The van der Waals surface area contributed by atoms with E-state index < -0.39 is 0 Å². The van der Waals surface area contributed by atoms with Crippen molar-refractivity contribution >= 4 is 0 Å². The number of nitrogens with one attached hydrogen (secondary N) is 1. The van der Waals surface area contributed by atoms with Crippen LogP contribution in [0.4, 0.5) is 0 Å². The Kier molecular flexibility index (Phi) is 7.17. The molecule has 0 aliphatic heterocycles. The van der Waals surface area contributed by atoms with Crippen molar-refractivity contribution in [2.45, 2.75) is 53.0 Å². The predicted molar refractivity (Wildman–Crippen MR) is 56.4 cm³/mol. The van der Waals surface area contributed by atoms with Crippen LogP contribution >= 0.6 is 0 Å². The van der Waals surface area contributed by atoms with Gasteiger partial charge in [0.15, 0.2) is 0 Å². The van der Waals surface area contributed by atoms with Crippen molar-refractivity contribution in [3.63, 3.8) is 0 Å². The fraction of sp³-hybridized carbons (Fsp3) is 0.818. The zero-order chi connectivity index (χ0) is 9.40. The van der Waals surface area contributed by atoms with Crippen LogP contribution in [0.3, 0.4) is 0 Å². The SMILES string of the molecule is CCCC(C)=CCCNC(C)C. The highest BCUT2D eigenvalue weighted by Gasteiger charge is 1.90. The van der Waals surface area contributed by atoms with Crippen LogP contribution in [0.25, 0.3) is 0 Å². The van der Waals surface area contributed by atoms with Crippen molar-refractivity contribution in [2.75, 3.05) is 6.54 Å². The number of hydrogen-bond acceptors (Lipinski definition) is 1. The first-order valence-electron chi connectivity index (χ1n) is 5.05. The van der Waals surface area contributed by atoms with Gasteiger partial charge < -0.3 is 5.32 Å². The van der Waals surface area contributed by atoms with E-state index >= 15 is 0 Å². The average Bonchev–Trinajstić information content (AvgIpc) is 1.98. The monoisotopic (exact) mass is 169 g/mol. The van der Waals surface area contributed by atoms with Gasteiger partial charge in [0.1, 0.15) is 0 Å². The zero-order valence-electron chi connectivity index (χ0n) is 8.98.